The van der Waals surface area contributed by atoms with Crippen molar-refractivity contribution in [3.8, 4) is 5.88 Å². The van der Waals surface area contributed by atoms with Crippen molar-refractivity contribution >= 4 is 22.6 Å². The minimum absolute atomic E-state index is 0.283. The molecule has 0 bridgehead atoms. The number of hydrogen-bond acceptors (Lipinski definition) is 4. The topological polar surface area (TPSA) is 99.9 Å². The molecule has 3 aromatic rings. The Kier molecular flexibility index (Phi) is 3.61. The van der Waals surface area contributed by atoms with Crippen LogP contribution in [0.4, 0.5) is 5.69 Å². The van der Waals surface area contributed by atoms with Crippen molar-refractivity contribution in [3.05, 3.63) is 52.6 Å². The lowest BCUT2D eigenvalue weighted by molar-refractivity contribution is 0.102. The first kappa shape index (κ1) is 13.9. The lowest BCUT2D eigenvalue weighted by Gasteiger charge is -2.06. The normalized spacial score (nSPS) is 10.6. The van der Waals surface area contributed by atoms with Gasteiger partial charge < -0.3 is 20.0 Å². The summed E-state index contributed by atoms with van der Waals surface area (Å²) in [5.74, 6) is 0.193. The first-order valence-corrected chi connectivity index (χ1v) is 6.78. The van der Waals surface area contributed by atoms with Gasteiger partial charge in [-0.3, -0.25) is 4.79 Å². The highest BCUT2D eigenvalue weighted by molar-refractivity contribution is 6.04. The van der Waals surface area contributed by atoms with Crippen LogP contribution in [0, 0.1) is 0 Å². The van der Waals surface area contributed by atoms with Gasteiger partial charge in [0.05, 0.1) is 23.2 Å². The largest absolute Gasteiger partial charge is 0.478 e. The van der Waals surface area contributed by atoms with Gasteiger partial charge in [-0.05, 0) is 31.2 Å². The molecular weight excluding hydrogens is 284 g/mol. The van der Waals surface area contributed by atoms with Gasteiger partial charge in [-0.2, -0.15) is 0 Å². The molecule has 3 rings (SSSR count). The van der Waals surface area contributed by atoms with Crippen molar-refractivity contribution in [2.24, 2.45) is 0 Å². The smallest absolute Gasteiger partial charge is 0.323 e. The van der Waals surface area contributed by atoms with Crippen LogP contribution in [0.2, 0.25) is 0 Å². The number of aromatic nitrogens is 3. The van der Waals surface area contributed by atoms with Crippen LogP contribution in [-0.4, -0.2) is 27.5 Å². The minimum atomic E-state index is -0.284. The summed E-state index contributed by atoms with van der Waals surface area (Å²) in [7, 11) is 0. The highest BCUT2D eigenvalue weighted by Gasteiger charge is 2.08. The number of nitrogens with one attached hydrogen (secondary N) is 3. The molecule has 0 saturated carbocycles. The summed E-state index contributed by atoms with van der Waals surface area (Å²) >= 11 is 0. The molecule has 0 radical (unpaired) electrons. The average molecular weight is 298 g/mol. The summed E-state index contributed by atoms with van der Waals surface area (Å²) in [4.78, 5) is 32.7. The number of carbonyl (C=O) groups excluding carboxylic acids is 1. The minimum Gasteiger partial charge on any atom is -0.478 e. The molecule has 3 N–H and O–H groups in total. The number of nitrogens with zero attached hydrogens (tertiary/aromatic N) is 1. The highest BCUT2D eigenvalue weighted by atomic mass is 16.5. The second kappa shape index (κ2) is 5.72. The van der Waals surface area contributed by atoms with Crippen molar-refractivity contribution < 1.29 is 9.53 Å². The highest BCUT2D eigenvalue weighted by Crippen LogP contribution is 2.16. The second-order valence-electron chi connectivity index (χ2n) is 4.61. The van der Waals surface area contributed by atoms with Crippen LogP contribution in [0.5, 0.6) is 5.88 Å². The molecular formula is C15H14N4O3. The maximum atomic E-state index is 12.2. The Labute approximate surface area is 125 Å². The molecule has 0 aliphatic heterocycles. The van der Waals surface area contributed by atoms with Gasteiger partial charge in [0.15, 0.2) is 0 Å². The number of ether oxygens (including phenoxy) is 1. The zero-order chi connectivity index (χ0) is 15.5. The van der Waals surface area contributed by atoms with E-state index in [2.05, 4.69) is 20.3 Å². The van der Waals surface area contributed by atoms with Crippen molar-refractivity contribution in [1.82, 2.24) is 15.0 Å². The Balaban J connectivity index is 1.78. The van der Waals surface area contributed by atoms with Crippen LogP contribution in [0.25, 0.3) is 11.0 Å². The maximum Gasteiger partial charge on any atom is 0.323 e. The molecule has 1 aromatic carbocycles. The molecule has 22 heavy (non-hydrogen) atoms. The average Bonchev–Trinajstić information content (AvgIpc) is 2.87. The SMILES string of the molecule is CCOc1ccc(C(=O)Nc2ccc3[nH]c(=O)[nH]c3c2)cn1. The van der Waals surface area contributed by atoms with E-state index in [4.69, 9.17) is 4.74 Å². The number of rotatable bonds is 4. The number of fused-ring (bicyclic) bond motifs is 1. The van der Waals surface area contributed by atoms with Crippen LogP contribution in [-0.2, 0) is 0 Å². The van der Waals surface area contributed by atoms with Gasteiger partial charge in [0, 0.05) is 18.0 Å². The molecule has 0 saturated heterocycles. The number of anilines is 1. The molecule has 2 aromatic heterocycles. The zero-order valence-corrected chi connectivity index (χ0v) is 11.8. The van der Waals surface area contributed by atoms with Crippen LogP contribution in [0.15, 0.2) is 41.3 Å². The van der Waals surface area contributed by atoms with Gasteiger partial charge in [-0.25, -0.2) is 9.78 Å². The number of pyridine rings is 1. The van der Waals surface area contributed by atoms with E-state index in [0.29, 0.717) is 34.8 Å². The van der Waals surface area contributed by atoms with Gasteiger partial charge in [0.2, 0.25) is 5.88 Å². The van der Waals surface area contributed by atoms with Crippen LogP contribution >= 0.6 is 0 Å². The number of carbonyl (C=O) groups is 1. The van der Waals surface area contributed by atoms with Crippen LogP contribution < -0.4 is 15.7 Å². The van der Waals surface area contributed by atoms with Crippen molar-refractivity contribution in [2.45, 2.75) is 6.92 Å². The predicted molar refractivity (Wildman–Crippen MR) is 82.3 cm³/mol. The molecule has 0 unspecified atom stereocenters. The molecule has 0 aliphatic carbocycles. The molecule has 7 nitrogen and oxygen atoms in total. The van der Waals surface area contributed by atoms with Gasteiger partial charge >= 0.3 is 5.69 Å². The van der Waals surface area contributed by atoms with Crippen molar-refractivity contribution in [2.75, 3.05) is 11.9 Å². The number of benzene rings is 1. The summed E-state index contributed by atoms with van der Waals surface area (Å²) in [5.41, 5.74) is 2.04. The van der Waals surface area contributed by atoms with E-state index in [1.54, 1.807) is 30.3 Å². The van der Waals surface area contributed by atoms with E-state index >= 15 is 0 Å². The van der Waals surface area contributed by atoms with Crippen molar-refractivity contribution in [3.63, 3.8) is 0 Å². The predicted octanol–water partition coefficient (Wildman–Crippen LogP) is 1.90. The molecule has 0 aliphatic rings. The van der Waals surface area contributed by atoms with E-state index < -0.39 is 0 Å². The quantitative estimate of drug-likeness (QED) is 0.685. The second-order valence-corrected chi connectivity index (χ2v) is 4.61. The fraction of sp³-hybridized carbons (Fsp3) is 0.133. The number of aromatic amines is 2. The fourth-order valence-corrected chi connectivity index (χ4v) is 2.06. The molecule has 7 heteroatoms. The van der Waals surface area contributed by atoms with E-state index in [-0.39, 0.29) is 11.6 Å². The summed E-state index contributed by atoms with van der Waals surface area (Å²) in [5, 5.41) is 2.76. The Morgan fingerprint density at radius 2 is 2.05 bits per heavy atom. The van der Waals surface area contributed by atoms with E-state index in [1.807, 2.05) is 6.92 Å². The van der Waals surface area contributed by atoms with Crippen LogP contribution in [0.3, 0.4) is 0 Å². The number of amides is 1. The summed E-state index contributed by atoms with van der Waals surface area (Å²) in [6, 6.07) is 8.41. The molecule has 2 heterocycles. The first-order chi connectivity index (χ1) is 10.7. The lowest BCUT2D eigenvalue weighted by atomic mass is 10.2. The number of H-pyrrole nitrogens is 2. The summed E-state index contributed by atoms with van der Waals surface area (Å²) in [6.07, 6.45) is 1.46. The number of imidazole rings is 1. The van der Waals surface area contributed by atoms with Gasteiger partial charge in [-0.1, -0.05) is 0 Å². The van der Waals surface area contributed by atoms with Gasteiger partial charge in [-0.15, -0.1) is 0 Å². The van der Waals surface area contributed by atoms with Gasteiger partial charge in [0.25, 0.3) is 5.91 Å². The van der Waals surface area contributed by atoms with Gasteiger partial charge in [0.1, 0.15) is 0 Å². The Hall–Kier alpha value is -3.09. The third kappa shape index (κ3) is 2.83. The number of hydrogen-bond donors (Lipinski definition) is 3. The van der Waals surface area contributed by atoms with Crippen LogP contribution in [0.1, 0.15) is 17.3 Å². The molecule has 0 atom stereocenters. The molecule has 112 valence electrons. The fourth-order valence-electron chi connectivity index (χ4n) is 2.06. The summed E-state index contributed by atoms with van der Waals surface area (Å²) in [6.45, 7) is 2.39. The van der Waals surface area contributed by atoms with E-state index in [0.717, 1.165) is 0 Å². The Morgan fingerprint density at radius 3 is 2.77 bits per heavy atom. The standard InChI is InChI=1S/C15H14N4O3/c1-2-22-13-6-3-9(8-16-13)14(20)17-10-4-5-11-12(7-10)19-15(21)18-11/h3-8H,2H2,1H3,(H,17,20)(H2,18,19,21). The van der Waals surface area contributed by atoms with E-state index in [1.165, 1.54) is 6.20 Å². The molecule has 0 spiro atoms. The maximum absolute atomic E-state index is 12.2. The Bertz CT molecular complexity index is 864. The molecule has 0 fully saturated rings. The lowest BCUT2D eigenvalue weighted by Crippen LogP contribution is -2.12. The van der Waals surface area contributed by atoms with E-state index in [9.17, 15) is 9.59 Å². The summed E-state index contributed by atoms with van der Waals surface area (Å²) < 4.78 is 5.23. The molecule has 1 amide bonds. The monoisotopic (exact) mass is 298 g/mol. The third-order valence-electron chi connectivity index (χ3n) is 3.06. The zero-order valence-electron chi connectivity index (χ0n) is 11.8. The first-order valence-electron chi connectivity index (χ1n) is 6.78. The Morgan fingerprint density at radius 1 is 1.23 bits per heavy atom. The third-order valence-corrected chi connectivity index (χ3v) is 3.06. The van der Waals surface area contributed by atoms with Crippen molar-refractivity contribution in [1.29, 1.82) is 0 Å².